The van der Waals surface area contributed by atoms with Crippen molar-refractivity contribution in [2.45, 2.75) is 45.2 Å². The van der Waals surface area contributed by atoms with Crippen molar-refractivity contribution >= 4 is 17.8 Å². The van der Waals surface area contributed by atoms with Crippen LogP contribution in [-0.2, 0) is 9.59 Å². The van der Waals surface area contributed by atoms with Crippen molar-refractivity contribution in [3.63, 3.8) is 0 Å². The summed E-state index contributed by atoms with van der Waals surface area (Å²) >= 11 is 0. The number of hydrogen-bond donors (Lipinski definition) is 0. The van der Waals surface area contributed by atoms with E-state index in [0.29, 0.717) is 25.9 Å². The molecule has 106 valence electrons. The van der Waals surface area contributed by atoms with Crippen molar-refractivity contribution in [3.05, 3.63) is 0 Å². The number of rotatable bonds is 2. The Balaban J connectivity index is 2.14. The Bertz CT molecular complexity index is 433. The molecule has 6 nitrogen and oxygen atoms in total. The van der Waals surface area contributed by atoms with Crippen LogP contribution in [0.15, 0.2) is 0 Å². The topological polar surface area (TPSA) is 60.9 Å². The number of hydrogen-bond acceptors (Lipinski definition) is 3. The Morgan fingerprint density at radius 3 is 2.47 bits per heavy atom. The molecule has 0 saturated carbocycles. The molecule has 6 heteroatoms. The third-order valence-corrected chi connectivity index (χ3v) is 4.26. The molecule has 2 aliphatic heterocycles. The van der Waals surface area contributed by atoms with Crippen LogP contribution >= 0.6 is 0 Å². The van der Waals surface area contributed by atoms with Gasteiger partial charge in [0.2, 0.25) is 5.91 Å². The first kappa shape index (κ1) is 13.8. The van der Waals surface area contributed by atoms with E-state index in [1.165, 1.54) is 9.80 Å². The maximum atomic E-state index is 12.3. The van der Waals surface area contributed by atoms with Gasteiger partial charge in [-0.15, -0.1) is 0 Å². The smallest absolute Gasteiger partial charge is 0.327 e. The van der Waals surface area contributed by atoms with Gasteiger partial charge in [-0.3, -0.25) is 14.5 Å². The number of amides is 4. The van der Waals surface area contributed by atoms with Crippen LogP contribution in [-0.4, -0.2) is 64.3 Å². The highest BCUT2D eigenvalue weighted by atomic mass is 16.2. The van der Waals surface area contributed by atoms with Crippen LogP contribution in [0.4, 0.5) is 4.79 Å². The quantitative estimate of drug-likeness (QED) is 0.691. The van der Waals surface area contributed by atoms with Gasteiger partial charge >= 0.3 is 6.03 Å². The minimum Gasteiger partial charge on any atom is -0.341 e. The molecular formula is C13H21N3O3. The van der Waals surface area contributed by atoms with Crippen molar-refractivity contribution < 1.29 is 14.4 Å². The lowest BCUT2D eigenvalue weighted by Gasteiger charge is -2.23. The summed E-state index contributed by atoms with van der Waals surface area (Å²) in [6.45, 7) is 6.40. The number of imide groups is 1. The number of carbonyl (C=O) groups excluding carboxylic acids is 3. The molecule has 0 aromatic rings. The van der Waals surface area contributed by atoms with Crippen LogP contribution in [0.2, 0.25) is 0 Å². The fourth-order valence-electron chi connectivity index (χ4n) is 2.65. The van der Waals surface area contributed by atoms with Crippen LogP contribution in [0.1, 0.15) is 33.6 Å². The van der Waals surface area contributed by atoms with Gasteiger partial charge in [-0.1, -0.05) is 6.92 Å². The normalized spacial score (nSPS) is 26.5. The molecule has 4 amide bonds. The first-order valence-electron chi connectivity index (χ1n) is 6.70. The van der Waals surface area contributed by atoms with Gasteiger partial charge in [-0.25, -0.2) is 4.79 Å². The summed E-state index contributed by atoms with van der Waals surface area (Å²) in [5, 5.41) is 0. The van der Waals surface area contributed by atoms with Gasteiger partial charge < -0.3 is 9.80 Å². The summed E-state index contributed by atoms with van der Waals surface area (Å²) < 4.78 is 0. The lowest BCUT2D eigenvalue weighted by atomic mass is 10.0. The molecule has 2 fully saturated rings. The Hall–Kier alpha value is -1.59. The van der Waals surface area contributed by atoms with E-state index in [1.807, 2.05) is 6.92 Å². The number of likely N-dealkylation sites (tertiary alicyclic amines) is 1. The van der Waals surface area contributed by atoms with Crippen LogP contribution in [0.3, 0.4) is 0 Å². The Morgan fingerprint density at radius 1 is 1.37 bits per heavy atom. The van der Waals surface area contributed by atoms with E-state index in [0.717, 1.165) is 0 Å². The van der Waals surface area contributed by atoms with Crippen molar-refractivity contribution in [1.29, 1.82) is 0 Å². The van der Waals surface area contributed by atoms with Gasteiger partial charge in [0.05, 0.1) is 6.04 Å². The predicted molar refractivity (Wildman–Crippen MR) is 69.4 cm³/mol. The van der Waals surface area contributed by atoms with Gasteiger partial charge in [-0.2, -0.15) is 0 Å². The van der Waals surface area contributed by atoms with Crippen molar-refractivity contribution in [2.24, 2.45) is 0 Å². The van der Waals surface area contributed by atoms with Crippen LogP contribution < -0.4 is 0 Å². The number of carbonyl (C=O) groups is 3. The summed E-state index contributed by atoms with van der Waals surface area (Å²) in [7, 11) is 1.64. The van der Waals surface area contributed by atoms with Gasteiger partial charge in [0.1, 0.15) is 5.54 Å². The molecule has 1 unspecified atom stereocenters. The average molecular weight is 267 g/mol. The molecule has 0 aromatic heterocycles. The zero-order chi connectivity index (χ0) is 14.4. The fraction of sp³-hybridized carbons (Fsp3) is 0.769. The zero-order valence-corrected chi connectivity index (χ0v) is 12.0. The molecule has 1 atom stereocenters. The SMILES string of the molecule is CCC(=O)N1CCC(N2C(=O)N(C)C(C)(C)C2=O)C1. The number of likely N-dealkylation sites (N-methyl/N-ethyl adjacent to an activating group) is 1. The summed E-state index contributed by atoms with van der Waals surface area (Å²) in [5.74, 6) is -0.0926. The molecule has 2 rings (SSSR count). The summed E-state index contributed by atoms with van der Waals surface area (Å²) in [6.07, 6.45) is 1.13. The van der Waals surface area contributed by atoms with Crippen molar-refractivity contribution in [1.82, 2.24) is 14.7 Å². The standard InChI is InChI=1S/C13H21N3O3/c1-5-10(17)15-7-6-9(8-15)16-11(18)13(2,3)14(4)12(16)19/h9H,5-8H2,1-4H3. The third-order valence-electron chi connectivity index (χ3n) is 4.26. The van der Waals surface area contributed by atoms with E-state index < -0.39 is 5.54 Å². The molecule has 0 N–H and O–H groups in total. The third kappa shape index (κ3) is 1.99. The molecule has 0 aromatic carbocycles. The molecule has 0 spiro atoms. The largest absolute Gasteiger partial charge is 0.341 e. The molecule has 2 heterocycles. The number of nitrogens with zero attached hydrogens (tertiary/aromatic N) is 3. The van der Waals surface area contributed by atoms with E-state index in [1.54, 1.807) is 25.8 Å². The first-order valence-corrected chi connectivity index (χ1v) is 6.70. The fourth-order valence-corrected chi connectivity index (χ4v) is 2.65. The van der Waals surface area contributed by atoms with Gasteiger partial charge in [0.15, 0.2) is 0 Å². The van der Waals surface area contributed by atoms with Crippen LogP contribution in [0, 0.1) is 0 Å². The zero-order valence-electron chi connectivity index (χ0n) is 12.0. The second kappa shape index (κ2) is 4.51. The summed E-state index contributed by atoms with van der Waals surface area (Å²) in [6, 6.07) is -0.439. The maximum absolute atomic E-state index is 12.3. The van der Waals surface area contributed by atoms with Gasteiger partial charge in [0.25, 0.3) is 5.91 Å². The summed E-state index contributed by atoms with van der Waals surface area (Å²) in [5.41, 5.74) is -0.792. The maximum Gasteiger partial charge on any atom is 0.327 e. The highest BCUT2D eigenvalue weighted by Gasteiger charge is 2.52. The molecule has 0 bridgehead atoms. The van der Waals surface area contributed by atoms with E-state index in [4.69, 9.17) is 0 Å². The molecular weight excluding hydrogens is 246 g/mol. The highest BCUT2D eigenvalue weighted by Crippen LogP contribution is 2.30. The summed E-state index contributed by atoms with van der Waals surface area (Å²) in [4.78, 5) is 40.7. The van der Waals surface area contributed by atoms with E-state index in [9.17, 15) is 14.4 Å². The second-order valence-corrected chi connectivity index (χ2v) is 5.71. The lowest BCUT2D eigenvalue weighted by Crippen LogP contribution is -2.44. The predicted octanol–water partition coefficient (Wildman–Crippen LogP) is 0.670. The minimum atomic E-state index is -0.792. The van der Waals surface area contributed by atoms with E-state index in [-0.39, 0.29) is 23.9 Å². The average Bonchev–Trinajstić information content (AvgIpc) is 2.90. The van der Waals surface area contributed by atoms with Crippen LogP contribution in [0.5, 0.6) is 0 Å². The van der Waals surface area contributed by atoms with Gasteiger partial charge in [-0.05, 0) is 20.3 Å². The second-order valence-electron chi connectivity index (χ2n) is 5.71. The molecule has 2 aliphatic rings. The Kier molecular flexibility index (Phi) is 3.28. The Morgan fingerprint density at radius 2 is 2.00 bits per heavy atom. The Labute approximate surface area is 113 Å². The first-order chi connectivity index (χ1) is 8.80. The highest BCUT2D eigenvalue weighted by molar-refractivity contribution is 6.06. The van der Waals surface area contributed by atoms with Crippen LogP contribution in [0.25, 0.3) is 0 Å². The lowest BCUT2D eigenvalue weighted by molar-refractivity contribution is -0.134. The minimum absolute atomic E-state index is 0.0780. The van der Waals surface area contributed by atoms with Crippen molar-refractivity contribution in [3.8, 4) is 0 Å². The van der Waals surface area contributed by atoms with Gasteiger partial charge in [0, 0.05) is 26.6 Å². The molecule has 2 saturated heterocycles. The molecule has 19 heavy (non-hydrogen) atoms. The van der Waals surface area contributed by atoms with E-state index >= 15 is 0 Å². The molecule has 0 radical (unpaired) electrons. The number of urea groups is 1. The molecule has 0 aliphatic carbocycles. The monoisotopic (exact) mass is 267 g/mol. The van der Waals surface area contributed by atoms with E-state index in [2.05, 4.69) is 0 Å². The van der Waals surface area contributed by atoms with Crippen molar-refractivity contribution in [2.75, 3.05) is 20.1 Å².